The van der Waals surface area contributed by atoms with Crippen molar-refractivity contribution in [2.24, 2.45) is 12.8 Å². The van der Waals surface area contributed by atoms with Crippen LogP contribution in [0.5, 0.6) is 5.88 Å². The molecule has 6 nitrogen and oxygen atoms in total. The van der Waals surface area contributed by atoms with E-state index < -0.39 is 0 Å². The van der Waals surface area contributed by atoms with Crippen LogP contribution in [0.1, 0.15) is 25.7 Å². The molecule has 96 valence electrons. The molecule has 0 saturated heterocycles. The third kappa shape index (κ3) is 1.92. The summed E-state index contributed by atoms with van der Waals surface area (Å²) in [5, 5.41) is 4.99. The molecule has 0 spiro atoms. The highest BCUT2D eigenvalue weighted by Gasteiger charge is 2.30. The van der Waals surface area contributed by atoms with E-state index in [0.717, 1.165) is 23.9 Å². The zero-order chi connectivity index (χ0) is 12.6. The predicted molar refractivity (Wildman–Crippen MR) is 67.2 cm³/mol. The van der Waals surface area contributed by atoms with Crippen molar-refractivity contribution in [3.63, 3.8) is 0 Å². The second-order valence-electron chi connectivity index (χ2n) is 5.04. The van der Waals surface area contributed by atoms with Gasteiger partial charge in [0.25, 0.3) is 0 Å². The van der Waals surface area contributed by atoms with Crippen LogP contribution < -0.4 is 10.5 Å². The van der Waals surface area contributed by atoms with Gasteiger partial charge in [0, 0.05) is 7.05 Å². The Morgan fingerprint density at radius 1 is 1.39 bits per heavy atom. The summed E-state index contributed by atoms with van der Waals surface area (Å²) in [5.74, 6) is 0.574. The first-order chi connectivity index (χ1) is 8.68. The summed E-state index contributed by atoms with van der Waals surface area (Å²) in [5.41, 5.74) is 6.85. The SMILES string of the molecule is Cn1ncc2c(OCC3(N)CCCC3)ncnc21. The topological polar surface area (TPSA) is 78.9 Å². The van der Waals surface area contributed by atoms with Gasteiger partial charge >= 0.3 is 0 Å². The summed E-state index contributed by atoms with van der Waals surface area (Å²) < 4.78 is 7.50. The Balaban J connectivity index is 1.82. The minimum atomic E-state index is -0.195. The van der Waals surface area contributed by atoms with Crippen LogP contribution in [0.4, 0.5) is 0 Å². The average molecular weight is 247 g/mol. The number of hydrogen-bond acceptors (Lipinski definition) is 5. The number of rotatable bonds is 3. The van der Waals surface area contributed by atoms with Crippen LogP contribution in [0.15, 0.2) is 12.5 Å². The van der Waals surface area contributed by atoms with Gasteiger partial charge in [0.15, 0.2) is 5.65 Å². The molecule has 0 aromatic carbocycles. The first-order valence-corrected chi connectivity index (χ1v) is 6.22. The lowest BCUT2D eigenvalue weighted by molar-refractivity contribution is 0.215. The Kier molecular flexibility index (Phi) is 2.66. The summed E-state index contributed by atoms with van der Waals surface area (Å²) in [6.45, 7) is 0.508. The van der Waals surface area contributed by atoms with Crippen molar-refractivity contribution in [3.8, 4) is 5.88 Å². The monoisotopic (exact) mass is 247 g/mol. The molecule has 2 N–H and O–H groups in total. The van der Waals surface area contributed by atoms with Gasteiger partial charge in [-0.25, -0.2) is 9.97 Å². The lowest BCUT2D eigenvalue weighted by atomic mass is 10.0. The molecule has 1 saturated carbocycles. The third-order valence-electron chi connectivity index (χ3n) is 3.59. The zero-order valence-corrected chi connectivity index (χ0v) is 10.5. The Bertz CT molecular complexity index is 559. The lowest BCUT2D eigenvalue weighted by Gasteiger charge is -2.23. The van der Waals surface area contributed by atoms with Gasteiger partial charge in [0.1, 0.15) is 18.3 Å². The van der Waals surface area contributed by atoms with Crippen molar-refractivity contribution in [1.82, 2.24) is 19.7 Å². The average Bonchev–Trinajstić information content (AvgIpc) is 2.96. The molecule has 18 heavy (non-hydrogen) atoms. The smallest absolute Gasteiger partial charge is 0.227 e. The van der Waals surface area contributed by atoms with Crippen molar-refractivity contribution >= 4 is 11.0 Å². The van der Waals surface area contributed by atoms with Gasteiger partial charge in [-0.2, -0.15) is 5.10 Å². The molecule has 0 atom stereocenters. The minimum Gasteiger partial charge on any atom is -0.475 e. The molecule has 0 unspecified atom stereocenters. The summed E-state index contributed by atoms with van der Waals surface area (Å²) in [6, 6.07) is 0. The molecule has 2 heterocycles. The highest BCUT2D eigenvalue weighted by Crippen LogP contribution is 2.28. The predicted octanol–water partition coefficient (Wildman–Crippen LogP) is 1.01. The van der Waals surface area contributed by atoms with E-state index in [-0.39, 0.29) is 5.54 Å². The van der Waals surface area contributed by atoms with Crippen molar-refractivity contribution in [1.29, 1.82) is 0 Å². The summed E-state index contributed by atoms with van der Waals surface area (Å²) in [4.78, 5) is 8.35. The van der Waals surface area contributed by atoms with Crippen molar-refractivity contribution < 1.29 is 4.74 Å². The van der Waals surface area contributed by atoms with Crippen LogP contribution >= 0.6 is 0 Å². The number of ether oxygens (including phenoxy) is 1. The van der Waals surface area contributed by atoms with E-state index >= 15 is 0 Å². The van der Waals surface area contributed by atoms with Crippen LogP contribution in [0.2, 0.25) is 0 Å². The fourth-order valence-corrected chi connectivity index (χ4v) is 2.49. The molecular formula is C12H17N5O. The third-order valence-corrected chi connectivity index (χ3v) is 3.59. The molecule has 1 aliphatic rings. The summed E-state index contributed by atoms with van der Waals surface area (Å²) in [6.07, 6.45) is 7.64. The van der Waals surface area contributed by atoms with Gasteiger partial charge in [-0.15, -0.1) is 0 Å². The fraction of sp³-hybridized carbons (Fsp3) is 0.583. The lowest BCUT2D eigenvalue weighted by Crippen LogP contribution is -2.42. The number of nitrogens with zero attached hydrogens (tertiary/aromatic N) is 4. The number of aryl methyl sites for hydroxylation is 1. The van der Waals surface area contributed by atoms with Crippen LogP contribution in [-0.2, 0) is 7.05 Å². The van der Waals surface area contributed by atoms with Gasteiger partial charge in [0.2, 0.25) is 5.88 Å². The first kappa shape index (κ1) is 11.4. The number of nitrogens with two attached hydrogens (primary N) is 1. The quantitative estimate of drug-likeness (QED) is 0.875. The standard InChI is InChI=1S/C12H17N5O/c1-17-10-9(6-16-17)11(15-8-14-10)18-7-12(13)4-2-3-5-12/h6,8H,2-5,7,13H2,1H3. The first-order valence-electron chi connectivity index (χ1n) is 6.22. The van der Waals surface area contributed by atoms with E-state index in [2.05, 4.69) is 15.1 Å². The second kappa shape index (κ2) is 4.20. The Morgan fingerprint density at radius 2 is 2.17 bits per heavy atom. The van der Waals surface area contributed by atoms with Crippen molar-refractivity contribution in [3.05, 3.63) is 12.5 Å². The molecule has 2 aromatic heterocycles. The Labute approximate surface area is 105 Å². The van der Waals surface area contributed by atoms with Crippen LogP contribution in [0.3, 0.4) is 0 Å². The van der Waals surface area contributed by atoms with Gasteiger partial charge in [-0.3, -0.25) is 4.68 Å². The maximum atomic E-state index is 6.27. The van der Waals surface area contributed by atoms with Gasteiger partial charge in [-0.05, 0) is 12.8 Å². The Morgan fingerprint density at radius 3 is 2.94 bits per heavy atom. The van der Waals surface area contributed by atoms with Gasteiger partial charge < -0.3 is 10.5 Å². The van der Waals surface area contributed by atoms with E-state index in [0.29, 0.717) is 12.5 Å². The molecular weight excluding hydrogens is 230 g/mol. The normalized spacial score (nSPS) is 18.3. The van der Waals surface area contributed by atoms with E-state index in [1.165, 1.54) is 19.2 Å². The number of aromatic nitrogens is 4. The summed E-state index contributed by atoms with van der Waals surface area (Å²) >= 11 is 0. The molecule has 0 aliphatic heterocycles. The van der Waals surface area contributed by atoms with Crippen LogP contribution in [0, 0.1) is 0 Å². The minimum absolute atomic E-state index is 0.195. The molecule has 1 aliphatic carbocycles. The molecule has 1 fully saturated rings. The maximum Gasteiger partial charge on any atom is 0.227 e. The van der Waals surface area contributed by atoms with Gasteiger partial charge in [0.05, 0.1) is 11.7 Å². The number of hydrogen-bond donors (Lipinski definition) is 1. The molecule has 0 bridgehead atoms. The molecule has 0 amide bonds. The Hall–Kier alpha value is -1.69. The second-order valence-corrected chi connectivity index (χ2v) is 5.04. The number of fused-ring (bicyclic) bond motifs is 1. The zero-order valence-electron chi connectivity index (χ0n) is 10.5. The fourth-order valence-electron chi connectivity index (χ4n) is 2.49. The molecule has 0 radical (unpaired) electrons. The highest BCUT2D eigenvalue weighted by atomic mass is 16.5. The summed E-state index contributed by atoms with van der Waals surface area (Å²) in [7, 11) is 1.85. The van der Waals surface area contributed by atoms with Crippen molar-refractivity contribution in [2.45, 2.75) is 31.2 Å². The maximum absolute atomic E-state index is 6.27. The van der Waals surface area contributed by atoms with Crippen LogP contribution in [-0.4, -0.2) is 31.9 Å². The van der Waals surface area contributed by atoms with Crippen molar-refractivity contribution in [2.75, 3.05) is 6.61 Å². The molecule has 6 heteroatoms. The largest absolute Gasteiger partial charge is 0.475 e. The van der Waals surface area contributed by atoms with E-state index in [1.807, 2.05) is 7.05 Å². The van der Waals surface area contributed by atoms with E-state index in [1.54, 1.807) is 10.9 Å². The van der Waals surface area contributed by atoms with E-state index in [9.17, 15) is 0 Å². The molecule has 2 aromatic rings. The highest BCUT2D eigenvalue weighted by molar-refractivity contribution is 5.79. The van der Waals surface area contributed by atoms with E-state index in [4.69, 9.17) is 10.5 Å². The van der Waals surface area contributed by atoms with Gasteiger partial charge in [-0.1, -0.05) is 12.8 Å². The van der Waals surface area contributed by atoms with Crippen LogP contribution in [0.25, 0.3) is 11.0 Å². The molecule has 3 rings (SSSR count).